The molecule has 1 aromatic carbocycles. The normalized spacial score (nSPS) is 12.4. The molecule has 96 valence electrons. The van der Waals surface area contributed by atoms with E-state index in [1.165, 1.54) is 0 Å². The molecule has 0 saturated carbocycles. The highest BCUT2D eigenvalue weighted by Crippen LogP contribution is 2.26. The largest absolute Gasteiger partial charge is 0.496 e. The minimum absolute atomic E-state index is 0.656. The Labute approximate surface area is 107 Å². The van der Waals surface area contributed by atoms with Crippen molar-refractivity contribution in [3.05, 3.63) is 47.5 Å². The van der Waals surface area contributed by atoms with Crippen LogP contribution in [-0.2, 0) is 6.54 Å². The van der Waals surface area contributed by atoms with Gasteiger partial charge in [0, 0.05) is 18.9 Å². The highest BCUT2D eigenvalue weighted by Gasteiger charge is 2.16. The Morgan fingerprint density at radius 2 is 2.22 bits per heavy atom. The van der Waals surface area contributed by atoms with E-state index in [0.29, 0.717) is 5.82 Å². The Kier molecular flexibility index (Phi) is 3.67. The number of aliphatic hydroxyl groups is 1. The van der Waals surface area contributed by atoms with Crippen molar-refractivity contribution in [1.29, 1.82) is 0 Å². The number of nitrogens with zero attached hydrogens (tertiary/aromatic N) is 2. The molecule has 18 heavy (non-hydrogen) atoms. The number of benzene rings is 1. The van der Waals surface area contributed by atoms with Crippen LogP contribution in [0.2, 0.25) is 0 Å². The molecule has 0 radical (unpaired) electrons. The second kappa shape index (κ2) is 5.23. The van der Waals surface area contributed by atoms with Crippen LogP contribution in [0.3, 0.4) is 0 Å². The molecule has 2 rings (SSSR count). The zero-order valence-corrected chi connectivity index (χ0v) is 10.9. The fourth-order valence-corrected chi connectivity index (χ4v) is 1.99. The number of ether oxygens (including phenoxy) is 1. The lowest BCUT2D eigenvalue weighted by molar-refractivity contribution is 0.204. The molecule has 0 aliphatic carbocycles. The number of aliphatic hydroxyl groups excluding tert-OH is 1. The molecule has 1 heterocycles. The lowest BCUT2D eigenvalue weighted by atomic mass is 10.1. The van der Waals surface area contributed by atoms with E-state index in [0.717, 1.165) is 23.4 Å². The first-order chi connectivity index (χ1) is 8.67. The van der Waals surface area contributed by atoms with Crippen LogP contribution in [0.15, 0.2) is 30.6 Å². The van der Waals surface area contributed by atoms with E-state index in [2.05, 4.69) is 4.98 Å². The Bertz CT molecular complexity index is 534. The molecule has 0 aliphatic heterocycles. The van der Waals surface area contributed by atoms with E-state index >= 15 is 0 Å². The van der Waals surface area contributed by atoms with Gasteiger partial charge in [0.1, 0.15) is 17.7 Å². The number of aromatic nitrogens is 2. The van der Waals surface area contributed by atoms with Gasteiger partial charge in [-0.25, -0.2) is 4.98 Å². The van der Waals surface area contributed by atoms with Crippen molar-refractivity contribution in [1.82, 2.24) is 9.55 Å². The summed E-state index contributed by atoms with van der Waals surface area (Å²) >= 11 is 0. The zero-order valence-electron chi connectivity index (χ0n) is 10.9. The van der Waals surface area contributed by atoms with Gasteiger partial charge in [0.25, 0.3) is 0 Å². The first-order valence-corrected chi connectivity index (χ1v) is 6.01. The molecule has 0 bridgehead atoms. The van der Waals surface area contributed by atoms with Crippen molar-refractivity contribution in [2.45, 2.75) is 26.5 Å². The minimum atomic E-state index is -0.727. The average molecular weight is 246 g/mol. The van der Waals surface area contributed by atoms with Crippen LogP contribution in [0.4, 0.5) is 0 Å². The summed E-state index contributed by atoms with van der Waals surface area (Å²) in [4.78, 5) is 4.21. The molecule has 0 fully saturated rings. The Balaban J connectivity index is 2.37. The summed E-state index contributed by atoms with van der Waals surface area (Å²) in [6, 6.07) is 5.70. The van der Waals surface area contributed by atoms with E-state index in [4.69, 9.17) is 4.74 Å². The maximum Gasteiger partial charge on any atom is 0.142 e. The van der Waals surface area contributed by atoms with Crippen molar-refractivity contribution in [2.24, 2.45) is 0 Å². The van der Waals surface area contributed by atoms with Gasteiger partial charge < -0.3 is 14.4 Å². The highest BCUT2D eigenvalue weighted by molar-refractivity contribution is 5.38. The Hall–Kier alpha value is -1.81. The molecule has 0 aliphatic rings. The zero-order chi connectivity index (χ0) is 13.1. The van der Waals surface area contributed by atoms with Crippen molar-refractivity contribution in [2.75, 3.05) is 7.11 Å². The van der Waals surface area contributed by atoms with E-state index in [-0.39, 0.29) is 0 Å². The number of hydrogen-bond acceptors (Lipinski definition) is 3. The number of aryl methyl sites for hydroxylation is 2. The van der Waals surface area contributed by atoms with Crippen LogP contribution >= 0.6 is 0 Å². The SMILES string of the molecule is CCn1ccnc1C(O)c1ccc(C)c(OC)c1. The maximum atomic E-state index is 10.4. The Morgan fingerprint density at radius 1 is 1.44 bits per heavy atom. The van der Waals surface area contributed by atoms with Crippen molar-refractivity contribution in [3.63, 3.8) is 0 Å². The quantitative estimate of drug-likeness (QED) is 0.900. The molecule has 0 amide bonds. The third kappa shape index (κ3) is 2.24. The molecule has 1 atom stereocenters. The van der Waals surface area contributed by atoms with Crippen LogP contribution in [0.5, 0.6) is 5.75 Å². The van der Waals surface area contributed by atoms with Gasteiger partial charge in [0.05, 0.1) is 7.11 Å². The fourth-order valence-electron chi connectivity index (χ4n) is 1.99. The minimum Gasteiger partial charge on any atom is -0.496 e. The number of hydrogen-bond donors (Lipinski definition) is 1. The predicted octanol–water partition coefficient (Wildman–Crippen LogP) is 2.30. The van der Waals surface area contributed by atoms with Gasteiger partial charge in [-0.3, -0.25) is 0 Å². The summed E-state index contributed by atoms with van der Waals surface area (Å²) in [6.07, 6.45) is 2.84. The molecule has 0 saturated heterocycles. The topological polar surface area (TPSA) is 47.3 Å². The van der Waals surface area contributed by atoms with Gasteiger partial charge in [-0.2, -0.15) is 0 Å². The third-order valence-electron chi connectivity index (χ3n) is 3.08. The molecule has 1 N–H and O–H groups in total. The van der Waals surface area contributed by atoms with Gasteiger partial charge >= 0.3 is 0 Å². The van der Waals surface area contributed by atoms with Gasteiger partial charge in [-0.05, 0) is 31.0 Å². The lowest BCUT2D eigenvalue weighted by Crippen LogP contribution is -2.09. The van der Waals surface area contributed by atoms with Crippen LogP contribution in [0.1, 0.15) is 30.0 Å². The van der Waals surface area contributed by atoms with Crippen LogP contribution in [-0.4, -0.2) is 21.8 Å². The van der Waals surface area contributed by atoms with E-state index in [1.807, 2.05) is 42.8 Å². The molecular formula is C14H18N2O2. The molecule has 1 unspecified atom stereocenters. The predicted molar refractivity (Wildman–Crippen MR) is 69.7 cm³/mol. The van der Waals surface area contributed by atoms with E-state index in [1.54, 1.807) is 13.3 Å². The molecule has 4 nitrogen and oxygen atoms in total. The van der Waals surface area contributed by atoms with Crippen molar-refractivity contribution < 1.29 is 9.84 Å². The average Bonchev–Trinajstić information content (AvgIpc) is 2.86. The summed E-state index contributed by atoms with van der Waals surface area (Å²) in [5, 5.41) is 10.4. The summed E-state index contributed by atoms with van der Waals surface area (Å²) in [6.45, 7) is 4.78. The van der Waals surface area contributed by atoms with Crippen molar-refractivity contribution in [3.8, 4) is 5.75 Å². The number of imidazole rings is 1. The maximum absolute atomic E-state index is 10.4. The van der Waals surface area contributed by atoms with E-state index < -0.39 is 6.10 Å². The molecule has 1 aromatic heterocycles. The summed E-state index contributed by atoms with van der Waals surface area (Å²) in [5.41, 5.74) is 1.84. The number of methoxy groups -OCH3 is 1. The molecule has 4 heteroatoms. The summed E-state index contributed by atoms with van der Waals surface area (Å²) < 4.78 is 7.20. The van der Waals surface area contributed by atoms with Gasteiger partial charge in [-0.1, -0.05) is 12.1 Å². The Morgan fingerprint density at radius 3 is 2.89 bits per heavy atom. The molecular weight excluding hydrogens is 228 g/mol. The first-order valence-electron chi connectivity index (χ1n) is 6.01. The van der Waals surface area contributed by atoms with Crippen LogP contribution in [0, 0.1) is 6.92 Å². The van der Waals surface area contributed by atoms with Gasteiger partial charge in [-0.15, -0.1) is 0 Å². The smallest absolute Gasteiger partial charge is 0.142 e. The van der Waals surface area contributed by atoms with Crippen LogP contribution in [0.25, 0.3) is 0 Å². The standard InChI is InChI=1S/C14H18N2O2/c1-4-16-8-7-15-14(16)13(17)11-6-5-10(2)12(9-11)18-3/h5-9,13,17H,4H2,1-3H3. The number of rotatable bonds is 4. The summed E-state index contributed by atoms with van der Waals surface area (Å²) in [7, 11) is 1.63. The van der Waals surface area contributed by atoms with Gasteiger partial charge in [0.2, 0.25) is 0 Å². The second-order valence-corrected chi connectivity index (χ2v) is 4.20. The van der Waals surface area contributed by atoms with Gasteiger partial charge in [0.15, 0.2) is 0 Å². The fraction of sp³-hybridized carbons (Fsp3) is 0.357. The highest BCUT2D eigenvalue weighted by atomic mass is 16.5. The van der Waals surface area contributed by atoms with E-state index in [9.17, 15) is 5.11 Å². The summed E-state index contributed by atoms with van der Waals surface area (Å²) in [5.74, 6) is 1.43. The van der Waals surface area contributed by atoms with Crippen molar-refractivity contribution >= 4 is 0 Å². The molecule has 0 spiro atoms. The monoisotopic (exact) mass is 246 g/mol. The third-order valence-corrected chi connectivity index (χ3v) is 3.08. The lowest BCUT2D eigenvalue weighted by Gasteiger charge is -2.14. The molecule has 2 aromatic rings. The second-order valence-electron chi connectivity index (χ2n) is 4.20. The first kappa shape index (κ1) is 12.6. The van der Waals surface area contributed by atoms with Crippen LogP contribution < -0.4 is 4.74 Å².